The van der Waals surface area contributed by atoms with Crippen LogP contribution >= 0.6 is 0 Å². The fourth-order valence-corrected chi connectivity index (χ4v) is 10.2. The predicted molar refractivity (Wildman–Crippen MR) is 174 cm³/mol. The Hall–Kier alpha value is -3.93. The number of carbonyl (C=O) groups is 3. The Balaban J connectivity index is 1.12. The molecule has 5 aliphatic rings. The molecule has 0 unspecified atom stereocenters. The first-order valence-electron chi connectivity index (χ1n) is 16.9. The van der Waals surface area contributed by atoms with Crippen LogP contribution in [0.4, 0.5) is 10.1 Å². The van der Waals surface area contributed by atoms with Crippen molar-refractivity contribution in [1.29, 1.82) is 0 Å². The van der Waals surface area contributed by atoms with Gasteiger partial charge >= 0.3 is 5.97 Å². The number of hydrazone groups is 1. The standard InChI is InChI=1S/C37H42FN3O7/c1-34-13-10-29-30(37(34,47)16-12-28(34)24-18-31(43)48-20-24)11-15-36(46)19-27(42)9-14-35(29,36)21-39-41-33(45)23-3-2-4-26(17-23)40-32(44)22-5-7-25(38)8-6-22/h2-8,17-18,21,27-30,42,46-47H,9-16,19-20H2,1H3,(H,40,44)(H,41,45)/b39-21+/t27-,28-,29+,30-,34-,35+,36+,37-/m1/s1. The molecular formula is C37H42FN3O7. The predicted octanol–water partition coefficient (Wildman–Crippen LogP) is 4.51. The van der Waals surface area contributed by atoms with E-state index in [1.807, 2.05) is 0 Å². The second-order valence-corrected chi connectivity index (χ2v) is 14.8. The molecule has 4 fully saturated rings. The first-order valence-corrected chi connectivity index (χ1v) is 16.9. The van der Waals surface area contributed by atoms with Crippen LogP contribution in [0.15, 0.2) is 65.3 Å². The van der Waals surface area contributed by atoms with Crippen molar-refractivity contribution in [2.45, 2.75) is 82.0 Å². The zero-order valence-corrected chi connectivity index (χ0v) is 27.0. The van der Waals surface area contributed by atoms with E-state index in [1.165, 1.54) is 30.3 Å². The van der Waals surface area contributed by atoms with Crippen LogP contribution in [0.5, 0.6) is 0 Å². The van der Waals surface area contributed by atoms with Gasteiger partial charge in [0.05, 0.1) is 17.3 Å². The van der Waals surface area contributed by atoms with Gasteiger partial charge in [0.15, 0.2) is 0 Å². The summed E-state index contributed by atoms with van der Waals surface area (Å²) >= 11 is 0. The van der Waals surface area contributed by atoms with E-state index in [0.717, 1.165) is 18.4 Å². The number of nitrogens with one attached hydrogen (secondary N) is 2. The maximum absolute atomic E-state index is 13.3. The number of aliphatic hydroxyl groups excluding tert-OH is 1. The lowest BCUT2D eigenvalue weighted by Crippen LogP contribution is -2.68. The van der Waals surface area contributed by atoms with Gasteiger partial charge in [0, 0.05) is 46.4 Å². The van der Waals surface area contributed by atoms with Crippen LogP contribution in [0.3, 0.4) is 0 Å². The van der Waals surface area contributed by atoms with Crippen LogP contribution in [0.1, 0.15) is 85.4 Å². The number of hydrogen-bond donors (Lipinski definition) is 5. The molecule has 1 heterocycles. The van der Waals surface area contributed by atoms with Crippen LogP contribution in [-0.2, 0) is 9.53 Å². The second-order valence-electron chi connectivity index (χ2n) is 14.8. The summed E-state index contributed by atoms with van der Waals surface area (Å²) in [5, 5.41) is 42.6. The van der Waals surface area contributed by atoms with E-state index in [2.05, 4.69) is 22.8 Å². The van der Waals surface area contributed by atoms with Gasteiger partial charge < -0.3 is 25.4 Å². The largest absolute Gasteiger partial charge is 0.458 e. The van der Waals surface area contributed by atoms with E-state index in [4.69, 9.17) is 4.74 Å². The summed E-state index contributed by atoms with van der Waals surface area (Å²) in [6.45, 7) is 2.40. The van der Waals surface area contributed by atoms with Crippen molar-refractivity contribution in [3.63, 3.8) is 0 Å². The lowest BCUT2D eigenvalue weighted by atomic mass is 9.41. The summed E-state index contributed by atoms with van der Waals surface area (Å²) in [5.41, 5.74) is 0.839. The maximum atomic E-state index is 13.3. The summed E-state index contributed by atoms with van der Waals surface area (Å²) in [5.74, 6) is -1.99. The van der Waals surface area contributed by atoms with Crippen LogP contribution in [0.2, 0.25) is 0 Å². The first-order chi connectivity index (χ1) is 22.9. The van der Waals surface area contributed by atoms with Gasteiger partial charge in [-0.05, 0) is 117 Å². The number of benzene rings is 2. The summed E-state index contributed by atoms with van der Waals surface area (Å²) in [4.78, 5) is 37.8. The molecule has 2 amide bonds. The smallest absolute Gasteiger partial charge is 0.331 e. The van der Waals surface area contributed by atoms with E-state index in [-0.39, 0.29) is 47.9 Å². The number of amides is 2. The monoisotopic (exact) mass is 659 g/mol. The highest BCUT2D eigenvalue weighted by atomic mass is 19.1. The Morgan fingerprint density at radius 2 is 1.73 bits per heavy atom. The summed E-state index contributed by atoms with van der Waals surface area (Å²) in [7, 11) is 0. The third-order valence-electron chi connectivity index (χ3n) is 12.6. The fourth-order valence-electron chi connectivity index (χ4n) is 10.2. The Morgan fingerprint density at radius 1 is 0.958 bits per heavy atom. The number of aliphatic hydroxyl groups is 3. The molecule has 10 nitrogen and oxygen atoms in total. The highest BCUT2D eigenvalue weighted by Crippen LogP contribution is 2.70. The SMILES string of the molecule is C[C@]12CC[C@H]3[C@@H](CC[C@]4(O)C[C@H](O)CC[C@]34/C=N/NC(=O)c3cccc(NC(=O)c4ccc(F)cc4)c3)[C@]1(O)CC[C@@H]2C1=CC(=O)OC1. The number of nitrogens with zero attached hydrogens (tertiary/aromatic N) is 1. The number of halogens is 1. The Bertz CT molecular complexity index is 1700. The van der Waals surface area contributed by atoms with Gasteiger partial charge in [-0.25, -0.2) is 14.6 Å². The van der Waals surface area contributed by atoms with E-state index in [9.17, 15) is 34.1 Å². The molecule has 0 radical (unpaired) electrons. The van der Waals surface area contributed by atoms with E-state index >= 15 is 0 Å². The molecule has 254 valence electrons. The van der Waals surface area contributed by atoms with Crippen molar-refractivity contribution >= 4 is 29.7 Å². The van der Waals surface area contributed by atoms with Gasteiger partial charge in [-0.15, -0.1) is 0 Å². The topological polar surface area (TPSA) is 158 Å². The van der Waals surface area contributed by atoms with Crippen molar-refractivity contribution in [1.82, 2.24) is 5.43 Å². The average molecular weight is 660 g/mol. The van der Waals surface area contributed by atoms with Gasteiger partial charge in [0.2, 0.25) is 0 Å². The van der Waals surface area contributed by atoms with Crippen molar-refractivity contribution in [2.75, 3.05) is 11.9 Å². The number of fused-ring (bicyclic) bond motifs is 5. The molecule has 8 atom stereocenters. The average Bonchev–Trinajstić information content (AvgIpc) is 3.60. The third-order valence-corrected chi connectivity index (χ3v) is 12.6. The quantitative estimate of drug-likeness (QED) is 0.174. The van der Waals surface area contributed by atoms with Crippen LogP contribution in [0.25, 0.3) is 0 Å². The van der Waals surface area contributed by atoms with Gasteiger partial charge in [-0.2, -0.15) is 5.10 Å². The van der Waals surface area contributed by atoms with Gasteiger partial charge in [-0.3, -0.25) is 9.59 Å². The summed E-state index contributed by atoms with van der Waals surface area (Å²) in [6.07, 6.45) is 7.43. The first kappa shape index (κ1) is 32.6. The molecule has 2 aromatic carbocycles. The molecule has 48 heavy (non-hydrogen) atoms. The molecule has 7 rings (SSSR count). The minimum absolute atomic E-state index is 0.0315. The molecule has 0 bridgehead atoms. The molecule has 2 aromatic rings. The molecule has 4 aliphatic carbocycles. The number of cyclic esters (lactones) is 1. The van der Waals surface area contributed by atoms with E-state index in [1.54, 1.807) is 30.5 Å². The van der Waals surface area contributed by atoms with Crippen LogP contribution < -0.4 is 10.7 Å². The zero-order chi connectivity index (χ0) is 33.9. The number of ether oxygens (including phenoxy) is 1. The molecule has 0 spiro atoms. The van der Waals surface area contributed by atoms with Crippen LogP contribution in [0, 0.1) is 34.4 Å². The van der Waals surface area contributed by atoms with Gasteiger partial charge in [0.25, 0.3) is 11.8 Å². The molecule has 5 N–H and O–H groups in total. The van der Waals surface area contributed by atoms with Crippen molar-refractivity contribution in [3.05, 3.63) is 77.1 Å². The molecule has 0 saturated heterocycles. The molecule has 0 aromatic heterocycles. The Labute approximate surface area is 278 Å². The molecule has 11 heteroatoms. The van der Waals surface area contributed by atoms with Crippen molar-refractivity contribution in [3.8, 4) is 0 Å². The highest BCUT2D eigenvalue weighted by molar-refractivity contribution is 6.05. The Kier molecular flexibility index (Phi) is 8.08. The zero-order valence-electron chi connectivity index (χ0n) is 27.0. The van der Waals surface area contributed by atoms with E-state index < -0.39 is 45.8 Å². The van der Waals surface area contributed by atoms with Crippen molar-refractivity contribution < 1.29 is 38.8 Å². The number of esters is 1. The number of anilines is 1. The lowest BCUT2D eigenvalue weighted by Gasteiger charge is -2.65. The lowest BCUT2D eigenvalue weighted by molar-refractivity contribution is -0.237. The molecule has 1 aliphatic heterocycles. The minimum atomic E-state index is -1.26. The number of carbonyl (C=O) groups excluding carboxylic acids is 3. The highest BCUT2D eigenvalue weighted by Gasteiger charge is 2.71. The van der Waals surface area contributed by atoms with Gasteiger partial charge in [-0.1, -0.05) is 13.0 Å². The molecule has 4 saturated carbocycles. The number of hydrogen-bond acceptors (Lipinski definition) is 8. The summed E-state index contributed by atoms with van der Waals surface area (Å²) in [6, 6.07) is 11.5. The van der Waals surface area contributed by atoms with Gasteiger partial charge in [0.1, 0.15) is 12.4 Å². The number of rotatable bonds is 6. The summed E-state index contributed by atoms with van der Waals surface area (Å²) < 4.78 is 18.5. The third kappa shape index (κ3) is 5.18. The normalized spacial score (nSPS) is 37.2. The van der Waals surface area contributed by atoms with Crippen LogP contribution in [-0.4, -0.2) is 63.2 Å². The maximum Gasteiger partial charge on any atom is 0.331 e. The van der Waals surface area contributed by atoms with Crippen molar-refractivity contribution in [2.24, 2.45) is 33.7 Å². The van der Waals surface area contributed by atoms with E-state index in [0.29, 0.717) is 44.2 Å². The second kappa shape index (κ2) is 11.9. The fraction of sp³-hybridized carbons (Fsp3) is 0.514. The molecular weight excluding hydrogens is 617 g/mol. The minimum Gasteiger partial charge on any atom is -0.458 e. The Morgan fingerprint density at radius 3 is 2.48 bits per heavy atom.